The lowest BCUT2D eigenvalue weighted by Crippen LogP contribution is -2.13. The van der Waals surface area contributed by atoms with Gasteiger partial charge in [-0.2, -0.15) is 0 Å². The van der Waals surface area contributed by atoms with Gasteiger partial charge < -0.3 is 9.67 Å². The van der Waals surface area contributed by atoms with Gasteiger partial charge in [0.15, 0.2) is 0 Å². The topological polar surface area (TPSA) is 25.2 Å². The maximum absolute atomic E-state index is 10.1. The van der Waals surface area contributed by atoms with Crippen molar-refractivity contribution in [2.45, 2.75) is 19.1 Å². The largest absolute Gasteiger partial charge is 0.386 e. The molecule has 2 rings (SSSR count). The third-order valence-corrected chi connectivity index (χ3v) is 2.70. The van der Waals surface area contributed by atoms with Gasteiger partial charge in [0.2, 0.25) is 0 Å². The van der Waals surface area contributed by atoms with Gasteiger partial charge in [-0.3, -0.25) is 0 Å². The van der Waals surface area contributed by atoms with Gasteiger partial charge in [-0.25, -0.2) is 0 Å². The molecule has 2 atom stereocenters. The number of aliphatic hydroxyl groups is 1. The molecular formula is C13H15NO. The second-order valence-electron chi connectivity index (χ2n) is 3.73. The van der Waals surface area contributed by atoms with Crippen molar-refractivity contribution in [3.63, 3.8) is 0 Å². The summed E-state index contributed by atoms with van der Waals surface area (Å²) in [4.78, 5) is 0. The van der Waals surface area contributed by atoms with Crippen LogP contribution in [0.1, 0.15) is 24.6 Å². The second kappa shape index (κ2) is 4.32. The van der Waals surface area contributed by atoms with Crippen LogP contribution in [0.4, 0.5) is 0 Å². The van der Waals surface area contributed by atoms with E-state index in [1.165, 1.54) is 0 Å². The van der Waals surface area contributed by atoms with Gasteiger partial charge in [0.05, 0.1) is 12.1 Å². The summed E-state index contributed by atoms with van der Waals surface area (Å²) in [7, 11) is 0. The van der Waals surface area contributed by atoms with Crippen LogP contribution in [-0.2, 0) is 0 Å². The number of rotatable bonds is 3. The predicted octanol–water partition coefficient (Wildman–Crippen LogP) is 2.78. The molecular weight excluding hydrogens is 186 g/mol. The zero-order valence-corrected chi connectivity index (χ0v) is 8.75. The molecule has 0 aliphatic carbocycles. The molecule has 0 fully saturated rings. The van der Waals surface area contributed by atoms with Gasteiger partial charge in [-0.05, 0) is 24.6 Å². The lowest BCUT2D eigenvalue weighted by atomic mass is 10.0. The van der Waals surface area contributed by atoms with Crippen LogP contribution in [0, 0.1) is 0 Å². The van der Waals surface area contributed by atoms with Crippen LogP contribution in [0.15, 0.2) is 54.9 Å². The minimum atomic E-state index is -0.460. The molecule has 0 spiro atoms. The van der Waals surface area contributed by atoms with Crippen molar-refractivity contribution in [3.05, 3.63) is 60.4 Å². The smallest absolute Gasteiger partial charge is 0.0994 e. The number of aromatic nitrogens is 1. The van der Waals surface area contributed by atoms with Crippen LogP contribution >= 0.6 is 0 Å². The third-order valence-electron chi connectivity index (χ3n) is 2.70. The Morgan fingerprint density at radius 2 is 1.60 bits per heavy atom. The molecule has 0 aliphatic rings. The van der Waals surface area contributed by atoms with Crippen molar-refractivity contribution in [1.29, 1.82) is 0 Å². The van der Waals surface area contributed by atoms with E-state index < -0.39 is 6.10 Å². The fraction of sp³-hybridized carbons (Fsp3) is 0.231. The summed E-state index contributed by atoms with van der Waals surface area (Å²) in [5.41, 5.74) is 0.957. The van der Waals surface area contributed by atoms with E-state index in [0.717, 1.165) is 5.56 Å². The Labute approximate surface area is 89.8 Å². The van der Waals surface area contributed by atoms with Crippen LogP contribution in [-0.4, -0.2) is 9.67 Å². The average molecular weight is 201 g/mol. The van der Waals surface area contributed by atoms with Crippen LogP contribution in [0.5, 0.6) is 0 Å². The highest BCUT2D eigenvalue weighted by atomic mass is 16.3. The van der Waals surface area contributed by atoms with E-state index in [9.17, 15) is 5.11 Å². The summed E-state index contributed by atoms with van der Waals surface area (Å²) < 4.78 is 2.01. The number of hydrogen-bond donors (Lipinski definition) is 1. The molecule has 0 saturated carbocycles. The zero-order chi connectivity index (χ0) is 10.7. The van der Waals surface area contributed by atoms with Crippen molar-refractivity contribution >= 4 is 0 Å². The Balaban J connectivity index is 2.18. The lowest BCUT2D eigenvalue weighted by Gasteiger charge is -2.20. The van der Waals surface area contributed by atoms with E-state index >= 15 is 0 Å². The minimum Gasteiger partial charge on any atom is -0.386 e. The van der Waals surface area contributed by atoms with Crippen LogP contribution in [0.2, 0.25) is 0 Å². The van der Waals surface area contributed by atoms with Crippen molar-refractivity contribution in [2.75, 3.05) is 0 Å². The first-order chi connectivity index (χ1) is 7.29. The van der Waals surface area contributed by atoms with E-state index in [1.54, 1.807) is 0 Å². The number of nitrogens with zero attached hydrogens (tertiary/aromatic N) is 1. The van der Waals surface area contributed by atoms with Gasteiger partial charge >= 0.3 is 0 Å². The molecule has 78 valence electrons. The molecule has 2 aromatic rings. The Morgan fingerprint density at radius 3 is 2.20 bits per heavy atom. The quantitative estimate of drug-likeness (QED) is 0.811. The Bertz CT molecular complexity index is 394. The monoisotopic (exact) mass is 201 g/mol. The van der Waals surface area contributed by atoms with E-state index in [1.807, 2.05) is 66.3 Å². The molecule has 1 N–H and O–H groups in total. The van der Waals surface area contributed by atoms with Crippen molar-refractivity contribution < 1.29 is 5.11 Å². The Morgan fingerprint density at radius 1 is 1.00 bits per heavy atom. The highest BCUT2D eigenvalue weighted by Gasteiger charge is 2.16. The maximum Gasteiger partial charge on any atom is 0.0994 e. The third kappa shape index (κ3) is 2.10. The average Bonchev–Trinajstić information content (AvgIpc) is 2.82. The van der Waals surface area contributed by atoms with E-state index in [4.69, 9.17) is 0 Å². The molecule has 0 radical (unpaired) electrons. The molecule has 0 unspecified atom stereocenters. The molecule has 0 amide bonds. The van der Waals surface area contributed by atoms with Crippen LogP contribution in [0.3, 0.4) is 0 Å². The van der Waals surface area contributed by atoms with Gasteiger partial charge in [0, 0.05) is 12.4 Å². The fourth-order valence-corrected chi connectivity index (χ4v) is 1.71. The standard InChI is InChI=1S/C13H15NO/c1-11(14-9-5-6-10-14)13(15)12-7-3-2-4-8-12/h2-11,13,15H,1H3/t11-,13-/m0/s1. The number of aliphatic hydroxyl groups excluding tert-OH is 1. The SMILES string of the molecule is C[C@@H]([C@H](O)c1ccccc1)n1cccc1. The van der Waals surface area contributed by atoms with E-state index in [2.05, 4.69) is 0 Å². The molecule has 15 heavy (non-hydrogen) atoms. The second-order valence-corrected chi connectivity index (χ2v) is 3.73. The summed E-state index contributed by atoms with van der Waals surface area (Å²) in [6.07, 6.45) is 3.48. The van der Waals surface area contributed by atoms with Crippen molar-refractivity contribution in [1.82, 2.24) is 4.57 Å². The lowest BCUT2D eigenvalue weighted by molar-refractivity contribution is 0.122. The molecule has 0 bridgehead atoms. The summed E-state index contributed by atoms with van der Waals surface area (Å²) >= 11 is 0. The molecule has 1 aromatic heterocycles. The highest BCUT2D eigenvalue weighted by molar-refractivity contribution is 5.18. The predicted molar refractivity (Wildman–Crippen MR) is 60.5 cm³/mol. The molecule has 0 saturated heterocycles. The van der Waals surface area contributed by atoms with Gasteiger partial charge in [-0.1, -0.05) is 30.3 Å². The highest BCUT2D eigenvalue weighted by Crippen LogP contribution is 2.25. The van der Waals surface area contributed by atoms with Crippen LogP contribution in [0.25, 0.3) is 0 Å². The number of hydrogen-bond acceptors (Lipinski definition) is 1. The summed E-state index contributed by atoms with van der Waals surface area (Å²) in [6.45, 7) is 2.01. The Hall–Kier alpha value is -1.54. The molecule has 0 aliphatic heterocycles. The summed E-state index contributed by atoms with van der Waals surface area (Å²) in [6, 6.07) is 13.7. The van der Waals surface area contributed by atoms with Crippen molar-refractivity contribution in [2.24, 2.45) is 0 Å². The van der Waals surface area contributed by atoms with Crippen molar-refractivity contribution in [3.8, 4) is 0 Å². The summed E-state index contributed by atoms with van der Waals surface area (Å²) in [5.74, 6) is 0. The van der Waals surface area contributed by atoms with Gasteiger partial charge in [0.1, 0.15) is 0 Å². The van der Waals surface area contributed by atoms with Gasteiger partial charge in [-0.15, -0.1) is 0 Å². The fourth-order valence-electron chi connectivity index (χ4n) is 1.71. The zero-order valence-electron chi connectivity index (χ0n) is 8.75. The first kappa shape index (κ1) is 9.99. The molecule has 1 heterocycles. The van der Waals surface area contributed by atoms with E-state index in [-0.39, 0.29) is 6.04 Å². The molecule has 2 nitrogen and oxygen atoms in total. The Kier molecular flexibility index (Phi) is 2.88. The van der Waals surface area contributed by atoms with Crippen LogP contribution < -0.4 is 0 Å². The first-order valence-corrected chi connectivity index (χ1v) is 5.14. The van der Waals surface area contributed by atoms with E-state index in [0.29, 0.717) is 0 Å². The molecule has 2 heteroatoms. The summed E-state index contributed by atoms with van der Waals surface area (Å²) in [5, 5.41) is 10.1. The molecule has 1 aromatic carbocycles. The number of benzene rings is 1. The minimum absolute atomic E-state index is 0.0578. The normalized spacial score (nSPS) is 14.8. The first-order valence-electron chi connectivity index (χ1n) is 5.14. The maximum atomic E-state index is 10.1. The van der Waals surface area contributed by atoms with Gasteiger partial charge in [0.25, 0.3) is 0 Å².